The van der Waals surface area contributed by atoms with Crippen molar-refractivity contribution in [2.75, 3.05) is 18.1 Å². The number of H-pyrrole nitrogens is 1. The maximum Gasteiger partial charge on any atom is 0.329 e. The number of rotatable bonds is 9. The molecule has 0 aliphatic rings. The highest BCUT2D eigenvalue weighted by Gasteiger charge is 2.20. The van der Waals surface area contributed by atoms with Crippen molar-refractivity contribution in [3.8, 4) is 0 Å². The van der Waals surface area contributed by atoms with Crippen molar-refractivity contribution < 1.29 is 14.3 Å². The van der Waals surface area contributed by atoms with Crippen molar-refractivity contribution in [3.05, 3.63) is 61.8 Å². The standard InChI is InChI=1S/C19H23N3O5S/c1-3-8-22-17(20)16(18(25)21-19(22)26)14(23)9-27-15(24)11-28-10-13-6-4-12(2)5-7-13/h4-7H,3,8-11,20H2,1-2H3,(H,21,25,26). The summed E-state index contributed by atoms with van der Waals surface area (Å²) in [5.74, 6) is -0.825. The summed E-state index contributed by atoms with van der Waals surface area (Å²) in [4.78, 5) is 49.9. The number of benzene rings is 1. The first-order valence-corrected chi connectivity index (χ1v) is 9.93. The molecule has 0 atom stereocenters. The third-order valence-electron chi connectivity index (χ3n) is 3.94. The molecule has 1 aromatic carbocycles. The quantitative estimate of drug-likeness (QED) is 0.478. The van der Waals surface area contributed by atoms with Crippen molar-refractivity contribution in [3.63, 3.8) is 0 Å². The van der Waals surface area contributed by atoms with E-state index in [-0.39, 0.29) is 23.7 Å². The molecule has 0 saturated carbocycles. The zero-order valence-electron chi connectivity index (χ0n) is 15.8. The van der Waals surface area contributed by atoms with Crippen LogP contribution in [0, 0.1) is 6.92 Å². The first-order valence-electron chi connectivity index (χ1n) is 8.78. The number of aromatic nitrogens is 2. The van der Waals surface area contributed by atoms with Gasteiger partial charge in [-0.25, -0.2) is 4.79 Å². The fourth-order valence-corrected chi connectivity index (χ4v) is 3.28. The lowest BCUT2D eigenvalue weighted by atomic mass is 10.2. The number of nitrogen functional groups attached to an aromatic ring is 1. The highest BCUT2D eigenvalue weighted by Crippen LogP contribution is 2.13. The third kappa shape index (κ3) is 5.59. The summed E-state index contributed by atoms with van der Waals surface area (Å²) >= 11 is 1.36. The van der Waals surface area contributed by atoms with Crippen LogP contribution < -0.4 is 17.0 Å². The van der Waals surface area contributed by atoms with Gasteiger partial charge in [-0.05, 0) is 18.9 Å². The Kier molecular flexibility index (Phi) is 7.62. The van der Waals surface area contributed by atoms with E-state index in [1.165, 1.54) is 11.8 Å². The van der Waals surface area contributed by atoms with Gasteiger partial charge in [-0.15, -0.1) is 11.8 Å². The maximum atomic E-state index is 12.3. The van der Waals surface area contributed by atoms with Gasteiger partial charge >= 0.3 is 11.7 Å². The monoisotopic (exact) mass is 405 g/mol. The molecule has 1 aromatic heterocycles. The Bertz CT molecular complexity index is 963. The molecule has 0 aliphatic heterocycles. The minimum Gasteiger partial charge on any atom is -0.457 e. The highest BCUT2D eigenvalue weighted by atomic mass is 32.2. The van der Waals surface area contributed by atoms with Crippen LogP contribution in [0.15, 0.2) is 33.9 Å². The minimum absolute atomic E-state index is 0.0718. The summed E-state index contributed by atoms with van der Waals surface area (Å²) in [6.07, 6.45) is 0.594. The summed E-state index contributed by atoms with van der Waals surface area (Å²) in [5, 5.41) is 0. The average molecular weight is 405 g/mol. The molecule has 0 aliphatic carbocycles. The van der Waals surface area contributed by atoms with Gasteiger partial charge in [0.1, 0.15) is 11.4 Å². The molecule has 0 fully saturated rings. The number of thioether (sulfide) groups is 1. The Hall–Kier alpha value is -2.81. The summed E-state index contributed by atoms with van der Waals surface area (Å²) in [6.45, 7) is 3.48. The van der Waals surface area contributed by atoms with Crippen molar-refractivity contribution in [1.82, 2.24) is 9.55 Å². The number of nitrogens with two attached hydrogens (primary N) is 1. The molecule has 28 heavy (non-hydrogen) atoms. The second-order valence-corrected chi connectivity index (χ2v) is 7.22. The molecule has 0 saturated heterocycles. The highest BCUT2D eigenvalue weighted by molar-refractivity contribution is 7.99. The first-order chi connectivity index (χ1) is 13.3. The molecule has 9 heteroatoms. The molecule has 2 aromatic rings. The van der Waals surface area contributed by atoms with Crippen LogP contribution in [-0.2, 0) is 21.8 Å². The lowest BCUT2D eigenvalue weighted by Crippen LogP contribution is -2.37. The number of anilines is 1. The molecule has 0 spiro atoms. The fraction of sp³-hybridized carbons (Fsp3) is 0.368. The number of Topliss-reactive ketones (excluding diaryl/α,β-unsaturated/α-hetero) is 1. The van der Waals surface area contributed by atoms with E-state index in [1.54, 1.807) is 0 Å². The lowest BCUT2D eigenvalue weighted by molar-refractivity contribution is -0.139. The van der Waals surface area contributed by atoms with E-state index in [0.29, 0.717) is 12.2 Å². The van der Waals surface area contributed by atoms with Crippen molar-refractivity contribution >= 4 is 29.3 Å². The van der Waals surface area contributed by atoms with Gasteiger partial charge in [-0.2, -0.15) is 0 Å². The van der Waals surface area contributed by atoms with E-state index in [2.05, 4.69) is 4.98 Å². The number of carbonyl (C=O) groups excluding carboxylic acids is 2. The number of ether oxygens (including phenoxy) is 1. The van der Waals surface area contributed by atoms with E-state index < -0.39 is 29.6 Å². The molecular weight excluding hydrogens is 382 g/mol. The topological polar surface area (TPSA) is 124 Å². The lowest BCUT2D eigenvalue weighted by Gasteiger charge is -2.11. The molecule has 0 bridgehead atoms. The molecular formula is C19H23N3O5S. The van der Waals surface area contributed by atoms with Gasteiger partial charge in [0.15, 0.2) is 6.61 Å². The Labute approximate surface area is 166 Å². The van der Waals surface area contributed by atoms with Crippen LogP contribution in [0.2, 0.25) is 0 Å². The Morgan fingerprint density at radius 3 is 2.54 bits per heavy atom. The van der Waals surface area contributed by atoms with Gasteiger partial charge < -0.3 is 10.5 Å². The zero-order valence-corrected chi connectivity index (χ0v) is 16.6. The normalized spacial score (nSPS) is 10.6. The van der Waals surface area contributed by atoms with Gasteiger partial charge in [0.25, 0.3) is 5.56 Å². The zero-order chi connectivity index (χ0) is 20.7. The number of esters is 1. The average Bonchev–Trinajstić information content (AvgIpc) is 2.65. The van der Waals surface area contributed by atoms with Gasteiger partial charge in [0.2, 0.25) is 5.78 Å². The second kappa shape index (κ2) is 9.93. The Morgan fingerprint density at radius 1 is 1.21 bits per heavy atom. The number of aromatic amines is 1. The number of hydrogen-bond donors (Lipinski definition) is 2. The second-order valence-electron chi connectivity index (χ2n) is 6.23. The Balaban J connectivity index is 1.92. The summed E-state index contributed by atoms with van der Waals surface area (Å²) in [6, 6.07) is 7.95. The predicted octanol–water partition coefficient (Wildman–Crippen LogP) is 1.50. The largest absolute Gasteiger partial charge is 0.457 e. The van der Waals surface area contributed by atoms with Crippen LogP contribution in [0.1, 0.15) is 34.8 Å². The molecule has 8 nitrogen and oxygen atoms in total. The van der Waals surface area contributed by atoms with Crippen LogP contribution in [0.25, 0.3) is 0 Å². The smallest absolute Gasteiger partial charge is 0.329 e. The first kappa shape index (κ1) is 21.5. The molecule has 1 heterocycles. The minimum atomic E-state index is -0.885. The van der Waals surface area contributed by atoms with E-state index in [1.807, 2.05) is 38.1 Å². The van der Waals surface area contributed by atoms with Gasteiger partial charge in [-0.1, -0.05) is 36.8 Å². The molecule has 2 rings (SSSR count). The maximum absolute atomic E-state index is 12.3. The van der Waals surface area contributed by atoms with Gasteiger partial charge in [-0.3, -0.25) is 23.9 Å². The van der Waals surface area contributed by atoms with Crippen LogP contribution in [0.5, 0.6) is 0 Å². The summed E-state index contributed by atoms with van der Waals surface area (Å²) < 4.78 is 6.07. The van der Waals surface area contributed by atoms with Crippen molar-refractivity contribution in [2.24, 2.45) is 0 Å². The predicted molar refractivity (Wildman–Crippen MR) is 109 cm³/mol. The Morgan fingerprint density at radius 2 is 1.89 bits per heavy atom. The van der Waals surface area contributed by atoms with Gasteiger partial charge in [0, 0.05) is 12.3 Å². The number of aryl methyl sites for hydroxylation is 1. The summed E-state index contributed by atoms with van der Waals surface area (Å²) in [5.41, 5.74) is 6.12. The van der Waals surface area contributed by atoms with E-state index >= 15 is 0 Å². The fourth-order valence-electron chi connectivity index (χ4n) is 2.50. The number of nitrogens with zero attached hydrogens (tertiary/aromatic N) is 1. The van der Waals surface area contributed by atoms with Crippen molar-refractivity contribution in [1.29, 1.82) is 0 Å². The number of ketones is 1. The number of nitrogens with one attached hydrogen (secondary N) is 1. The number of hydrogen-bond acceptors (Lipinski definition) is 7. The molecule has 0 radical (unpaired) electrons. The molecule has 0 unspecified atom stereocenters. The molecule has 3 N–H and O–H groups in total. The van der Waals surface area contributed by atoms with E-state index in [9.17, 15) is 19.2 Å². The van der Waals surface area contributed by atoms with Crippen LogP contribution in [0.3, 0.4) is 0 Å². The number of carbonyl (C=O) groups is 2. The summed E-state index contributed by atoms with van der Waals surface area (Å²) in [7, 11) is 0. The van der Waals surface area contributed by atoms with Crippen LogP contribution >= 0.6 is 11.8 Å². The SMILES string of the molecule is CCCn1c(N)c(C(=O)COC(=O)CSCc2ccc(C)cc2)c(=O)[nH]c1=O. The van der Waals surface area contributed by atoms with Crippen LogP contribution in [-0.4, -0.2) is 33.7 Å². The molecule has 0 amide bonds. The van der Waals surface area contributed by atoms with E-state index in [4.69, 9.17) is 10.5 Å². The third-order valence-corrected chi connectivity index (χ3v) is 4.92. The molecule has 150 valence electrons. The van der Waals surface area contributed by atoms with Crippen LogP contribution in [0.4, 0.5) is 5.82 Å². The van der Waals surface area contributed by atoms with Crippen molar-refractivity contribution in [2.45, 2.75) is 32.6 Å². The van der Waals surface area contributed by atoms with Gasteiger partial charge in [0.05, 0.1) is 5.75 Å². The van der Waals surface area contributed by atoms with E-state index in [0.717, 1.165) is 15.7 Å².